The van der Waals surface area contributed by atoms with Crippen LogP contribution in [0, 0.1) is 0 Å². The van der Waals surface area contributed by atoms with Gasteiger partial charge in [0.25, 0.3) is 0 Å². The molecular formula is C57H35N9. The highest BCUT2D eigenvalue weighted by atomic mass is 15.2. The number of para-hydroxylation sites is 3. The van der Waals surface area contributed by atoms with Crippen LogP contribution >= 0.6 is 0 Å². The van der Waals surface area contributed by atoms with Gasteiger partial charge in [-0.1, -0.05) is 158 Å². The Morgan fingerprint density at radius 3 is 1.35 bits per heavy atom. The quantitative estimate of drug-likeness (QED) is 0.157. The molecule has 9 nitrogen and oxygen atoms in total. The molecule has 0 aliphatic rings. The summed E-state index contributed by atoms with van der Waals surface area (Å²) in [7, 11) is 0. The van der Waals surface area contributed by atoms with Crippen molar-refractivity contribution in [1.82, 2.24) is 44.0 Å². The molecule has 0 atom stereocenters. The third-order valence-electron chi connectivity index (χ3n) is 12.3. The smallest absolute Gasteiger partial charge is 0.238 e. The van der Waals surface area contributed by atoms with Gasteiger partial charge in [-0.15, -0.1) is 0 Å². The zero-order valence-corrected chi connectivity index (χ0v) is 35.2. The van der Waals surface area contributed by atoms with Crippen LogP contribution in [-0.2, 0) is 0 Å². The summed E-state index contributed by atoms with van der Waals surface area (Å²) in [4.78, 5) is 35.6. The number of hydrogen-bond acceptors (Lipinski definition) is 7. The summed E-state index contributed by atoms with van der Waals surface area (Å²) in [5.41, 5.74) is 10.3. The second-order valence-corrected chi connectivity index (χ2v) is 16.2. The van der Waals surface area contributed by atoms with Gasteiger partial charge in [-0.2, -0.15) is 9.97 Å². The Hall–Kier alpha value is -9.21. The van der Waals surface area contributed by atoms with Gasteiger partial charge in [0.05, 0.1) is 27.6 Å². The van der Waals surface area contributed by atoms with Gasteiger partial charge in [-0.05, 0) is 48.5 Å². The summed E-state index contributed by atoms with van der Waals surface area (Å²) < 4.78 is 4.58. The maximum absolute atomic E-state index is 5.36. The van der Waals surface area contributed by atoms with E-state index in [-0.39, 0.29) is 0 Å². The minimum atomic E-state index is 0.510. The predicted octanol–water partition coefficient (Wildman–Crippen LogP) is 13.1. The minimum absolute atomic E-state index is 0.510. The lowest BCUT2D eigenvalue weighted by molar-refractivity contribution is 0.954. The van der Waals surface area contributed by atoms with Gasteiger partial charge in [0, 0.05) is 66.6 Å². The van der Waals surface area contributed by atoms with Gasteiger partial charge in [0.2, 0.25) is 5.95 Å². The molecule has 13 aromatic rings. The molecule has 5 heterocycles. The van der Waals surface area contributed by atoms with E-state index in [9.17, 15) is 0 Å². The monoisotopic (exact) mass is 845 g/mol. The predicted molar refractivity (Wildman–Crippen MR) is 264 cm³/mol. The summed E-state index contributed by atoms with van der Waals surface area (Å²) in [6.45, 7) is 0. The van der Waals surface area contributed by atoms with Crippen LogP contribution in [0.4, 0.5) is 0 Å². The Labute approximate surface area is 378 Å². The Bertz CT molecular complexity index is 3910. The number of rotatable bonds is 7. The standard InChI is InChI=1S/C57H35N9/c1-4-16-37(17-5-1)52-59-53(38-18-6-2-7-19-38)61-54(60-52)40-29-31-41(32-30-40)65-47-27-12-10-24-42(47)44-33-34-45-43-25-11-13-28-48(43)66(51(45)50(44)65)57-63-55(39-20-8-3-9-21-39)62-56(64-57)46-26-14-22-36-23-15-35-58-49(36)46/h1-35H. The molecule has 308 valence electrons. The maximum Gasteiger partial charge on any atom is 0.238 e. The van der Waals surface area contributed by atoms with Gasteiger partial charge < -0.3 is 4.57 Å². The number of benzene rings is 8. The summed E-state index contributed by atoms with van der Waals surface area (Å²) in [5, 5.41) is 5.43. The van der Waals surface area contributed by atoms with E-state index < -0.39 is 0 Å². The highest BCUT2D eigenvalue weighted by Gasteiger charge is 2.24. The van der Waals surface area contributed by atoms with Crippen molar-refractivity contribution in [2.45, 2.75) is 0 Å². The first-order valence-electron chi connectivity index (χ1n) is 21.8. The van der Waals surface area contributed by atoms with Crippen LogP contribution in [0.15, 0.2) is 212 Å². The number of pyridine rings is 1. The lowest BCUT2D eigenvalue weighted by atomic mass is 10.1. The van der Waals surface area contributed by atoms with Crippen LogP contribution < -0.4 is 0 Å². The molecule has 13 rings (SSSR count). The topological polar surface area (TPSA) is 100 Å². The van der Waals surface area contributed by atoms with Crippen molar-refractivity contribution in [1.29, 1.82) is 0 Å². The minimum Gasteiger partial charge on any atom is -0.307 e. The molecule has 0 aliphatic heterocycles. The van der Waals surface area contributed by atoms with Crippen molar-refractivity contribution in [2.75, 3.05) is 0 Å². The fourth-order valence-electron chi connectivity index (χ4n) is 9.26. The third kappa shape index (κ3) is 6.13. The van der Waals surface area contributed by atoms with Crippen LogP contribution in [0.2, 0.25) is 0 Å². The van der Waals surface area contributed by atoms with E-state index in [0.29, 0.717) is 35.1 Å². The lowest BCUT2D eigenvalue weighted by Gasteiger charge is -2.14. The molecule has 9 heteroatoms. The number of nitrogens with zero attached hydrogens (tertiary/aromatic N) is 9. The Balaban J connectivity index is 1.06. The first kappa shape index (κ1) is 37.4. The average Bonchev–Trinajstić information content (AvgIpc) is 3.92. The molecule has 0 N–H and O–H groups in total. The van der Waals surface area contributed by atoms with Gasteiger partial charge in [-0.25, -0.2) is 19.9 Å². The van der Waals surface area contributed by atoms with Crippen molar-refractivity contribution in [2.24, 2.45) is 0 Å². The zero-order chi connectivity index (χ0) is 43.6. The molecule has 0 saturated carbocycles. The van der Waals surface area contributed by atoms with E-state index in [2.05, 4.69) is 106 Å². The van der Waals surface area contributed by atoms with Crippen molar-refractivity contribution >= 4 is 54.5 Å². The van der Waals surface area contributed by atoms with Gasteiger partial charge in [-0.3, -0.25) is 9.55 Å². The number of aromatic nitrogens is 9. The molecule has 0 saturated heterocycles. The van der Waals surface area contributed by atoms with Crippen LogP contribution in [0.1, 0.15) is 0 Å². The molecule has 0 aliphatic carbocycles. The lowest BCUT2D eigenvalue weighted by Crippen LogP contribution is -2.07. The summed E-state index contributed by atoms with van der Waals surface area (Å²) in [5.74, 6) is 3.46. The van der Waals surface area contributed by atoms with E-state index in [0.717, 1.165) is 88.0 Å². The molecule has 0 unspecified atom stereocenters. The second kappa shape index (κ2) is 15.3. The fourth-order valence-corrected chi connectivity index (χ4v) is 9.26. The molecule has 0 fully saturated rings. The van der Waals surface area contributed by atoms with E-state index in [1.54, 1.807) is 0 Å². The second-order valence-electron chi connectivity index (χ2n) is 16.2. The molecular weight excluding hydrogens is 811 g/mol. The van der Waals surface area contributed by atoms with Crippen molar-refractivity contribution in [3.05, 3.63) is 212 Å². The van der Waals surface area contributed by atoms with Crippen LogP contribution in [0.5, 0.6) is 0 Å². The number of hydrogen-bond donors (Lipinski definition) is 0. The van der Waals surface area contributed by atoms with Gasteiger partial charge in [0.15, 0.2) is 29.1 Å². The molecule has 8 aromatic carbocycles. The Kier molecular flexibility index (Phi) is 8.63. The van der Waals surface area contributed by atoms with Crippen LogP contribution in [0.3, 0.4) is 0 Å². The Morgan fingerprint density at radius 2 is 0.758 bits per heavy atom. The molecule has 0 amide bonds. The fraction of sp³-hybridized carbons (Fsp3) is 0. The van der Waals surface area contributed by atoms with Crippen molar-refractivity contribution in [3.63, 3.8) is 0 Å². The van der Waals surface area contributed by atoms with Gasteiger partial charge >= 0.3 is 0 Å². The highest BCUT2D eigenvalue weighted by molar-refractivity contribution is 6.23. The normalized spacial score (nSPS) is 11.6. The van der Waals surface area contributed by atoms with Crippen LogP contribution in [-0.4, -0.2) is 44.0 Å². The van der Waals surface area contributed by atoms with Crippen molar-refractivity contribution in [3.8, 4) is 68.6 Å². The van der Waals surface area contributed by atoms with E-state index in [1.165, 1.54) is 0 Å². The SMILES string of the molecule is c1ccc(-c2nc(-c3ccccc3)nc(-c3ccc(-n4c5ccccc5c5ccc6c7ccccc7n(-c7nc(-c8ccccc8)nc(-c8cccc9cccnc89)n7)c6c54)cc3)n2)cc1. The molecule has 5 aromatic heterocycles. The van der Waals surface area contributed by atoms with E-state index >= 15 is 0 Å². The summed E-state index contributed by atoms with van der Waals surface area (Å²) in [6.07, 6.45) is 1.81. The van der Waals surface area contributed by atoms with Crippen LogP contribution in [0.25, 0.3) is 123 Å². The van der Waals surface area contributed by atoms with E-state index in [4.69, 9.17) is 34.9 Å². The Morgan fingerprint density at radius 1 is 0.303 bits per heavy atom. The highest BCUT2D eigenvalue weighted by Crippen LogP contribution is 2.42. The first-order valence-corrected chi connectivity index (χ1v) is 21.8. The number of fused-ring (bicyclic) bond motifs is 8. The average molecular weight is 846 g/mol. The summed E-state index contributed by atoms with van der Waals surface area (Å²) in [6, 6.07) is 70.5. The zero-order valence-electron chi connectivity index (χ0n) is 35.2. The van der Waals surface area contributed by atoms with Crippen molar-refractivity contribution < 1.29 is 0 Å². The third-order valence-corrected chi connectivity index (χ3v) is 12.3. The molecule has 0 radical (unpaired) electrons. The largest absolute Gasteiger partial charge is 0.307 e. The molecule has 0 bridgehead atoms. The molecule has 66 heavy (non-hydrogen) atoms. The first-order chi connectivity index (χ1) is 32.7. The van der Waals surface area contributed by atoms with Gasteiger partial charge in [0.1, 0.15) is 0 Å². The summed E-state index contributed by atoms with van der Waals surface area (Å²) >= 11 is 0. The van der Waals surface area contributed by atoms with E-state index in [1.807, 2.05) is 115 Å². The maximum atomic E-state index is 5.36. The molecule has 0 spiro atoms.